The van der Waals surface area contributed by atoms with E-state index in [4.69, 9.17) is 0 Å². The molecule has 2 amide bonds. The lowest BCUT2D eigenvalue weighted by Gasteiger charge is -2.35. The summed E-state index contributed by atoms with van der Waals surface area (Å²) >= 11 is 0. The molecule has 7 heteroatoms. The highest BCUT2D eigenvalue weighted by Crippen LogP contribution is 2.22. The lowest BCUT2D eigenvalue weighted by molar-refractivity contribution is -0.132. The van der Waals surface area contributed by atoms with E-state index >= 15 is 0 Å². The Morgan fingerprint density at radius 1 is 0.903 bits per heavy atom. The third-order valence-corrected chi connectivity index (χ3v) is 5.57. The molecule has 1 unspecified atom stereocenters. The van der Waals surface area contributed by atoms with Crippen molar-refractivity contribution >= 4 is 11.8 Å². The number of nitrogens with one attached hydrogen (secondary N) is 1. The minimum atomic E-state index is -0.317. The molecule has 0 saturated carbocycles. The standard InChI is InChI=1S/C24H29F2N3O2/c1-17(2)24(19-5-9-21(26)10-6-19)27-22(30)16-28-11-13-29(14-12-28)23(31)15-18-3-7-20(25)8-4-18/h3-10,17,24H,11-16H2,1-2H3,(H,27,30). The molecule has 0 spiro atoms. The monoisotopic (exact) mass is 429 g/mol. The normalized spacial score (nSPS) is 15.7. The van der Waals surface area contributed by atoms with Crippen molar-refractivity contribution in [2.45, 2.75) is 26.3 Å². The van der Waals surface area contributed by atoms with Crippen LogP contribution in [0, 0.1) is 17.6 Å². The fourth-order valence-corrected chi connectivity index (χ4v) is 3.77. The Balaban J connectivity index is 1.47. The number of amides is 2. The van der Waals surface area contributed by atoms with Crippen LogP contribution in [-0.4, -0.2) is 54.3 Å². The smallest absolute Gasteiger partial charge is 0.234 e. The van der Waals surface area contributed by atoms with E-state index in [1.165, 1.54) is 24.3 Å². The van der Waals surface area contributed by atoms with Gasteiger partial charge in [0.1, 0.15) is 11.6 Å². The molecule has 1 heterocycles. The topological polar surface area (TPSA) is 52.7 Å². The second kappa shape index (κ2) is 10.5. The van der Waals surface area contributed by atoms with Crippen LogP contribution < -0.4 is 5.32 Å². The Labute approximate surface area is 182 Å². The zero-order valence-electron chi connectivity index (χ0n) is 18.0. The minimum absolute atomic E-state index is 0.00638. The van der Waals surface area contributed by atoms with Crippen molar-refractivity contribution in [3.05, 3.63) is 71.3 Å². The van der Waals surface area contributed by atoms with E-state index in [0.29, 0.717) is 26.2 Å². The predicted molar refractivity (Wildman–Crippen MR) is 115 cm³/mol. The molecular formula is C24H29F2N3O2. The summed E-state index contributed by atoms with van der Waals surface area (Å²) in [4.78, 5) is 28.9. The number of halogens is 2. The van der Waals surface area contributed by atoms with Gasteiger partial charge in [-0.3, -0.25) is 14.5 Å². The number of carbonyl (C=O) groups excluding carboxylic acids is 2. The average Bonchev–Trinajstić information content (AvgIpc) is 2.75. The minimum Gasteiger partial charge on any atom is -0.348 e. The van der Waals surface area contributed by atoms with E-state index < -0.39 is 0 Å². The van der Waals surface area contributed by atoms with E-state index in [-0.39, 0.29) is 48.4 Å². The fraction of sp³-hybridized carbons (Fsp3) is 0.417. The number of piperazine rings is 1. The van der Waals surface area contributed by atoms with Gasteiger partial charge < -0.3 is 10.2 Å². The van der Waals surface area contributed by atoms with Crippen molar-refractivity contribution in [2.24, 2.45) is 5.92 Å². The number of rotatable bonds is 7. The molecule has 2 aromatic carbocycles. The molecule has 0 aromatic heterocycles. The zero-order chi connectivity index (χ0) is 22.4. The predicted octanol–water partition coefficient (Wildman–Crippen LogP) is 3.17. The van der Waals surface area contributed by atoms with Crippen LogP contribution in [0.15, 0.2) is 48.5 Å². The molecule has 3 rings (SSSR count). The summed E-state index contributed by atoms with van der Waals surface area (Å²) in [6.45, 7) is 6.62. The second-order valence-corrected chi connectivity index (χ2v) is 8.30. The summed E-state index contributed by atoms with van der Waals surface area (Å²) in [7, 11) is 0. The van der Waals surface area contributed by atoms with Crippen molar-refractivity contribution in [1.29, 1.82) is 0 Å². The van der Waals surface area contributed by atoms with Gasteiger partial charge in [-0.15, -0.1) is 0 Å². The Bertz CT molecular complexity index is 877. The van der Waals surface area contributed by atoms with Gasteiger partial charge in [0.25, 0.3) is 0 Å². The van der Waals surface area contributed by atoms with E-state index in [0.717, 1.165) is 11.1 Å². The maximum Gasteiger partial charge on any atom is 0.234 e. The van der Waals surface area contributed by atoms with Crippen LogP contribution in [0.5, 0.6) is 0 Å². The van der Waals surface area contributed by atoms with Crippen molar-refractivity contribution < 1.29 is 18.4 Å². The molecule has 1 fully saturated rings. The fourth-order valence-electron chi connectivity index (χ4n) is 3.77. The van der Waals surface area contributed by atoms with Gasteiger partial charge in [0.15, 0.2) is 0 Å². The third-order valence-electron chi connectivity index (χ3n) is 5.57. The Morgan fingerprint density at radius 2 is 1.45 bits per heavy atom. The highest BCUT2D eigenvalue weighted by atomic mass is 19.1. The highest BCUT2D eigenvalue weighted by Gasteiger charge is 2.24. The summed E-state index contributed by atoms with van der Waals surface area (Å²) in [6, 6.07) is 12.0. The largest absolute Gasteiger partial charge is 0.348 e. The van der Waals surface area contributed by atoms with Gasteiger partial charge in [0.05, 0.1) is 19.0 Å². The molecule has 0 bridgehead atoms. The zero-order valence-corrected chi connectivity index (χ0v) is 18.0. The molecule has 1 aliphatic rings. The van der Waals surface area contributed by atoms with Gasteiger partial charge in [0, 0.05) is 26.2 Å². The van der Waals surface area contributed by atoms with Crippen LogP contribution in [-0.2, 0) is 16.0 Å². The summed E-state index contributed by atoms with van der Waals surface area (Å²) < 4.78 is 26.2. The van der Waals surface area contributed by atoms with Gasteiger partial charge >= 0.3 is 0 Å². The second-order valence-electron chi connectivity index (χ2n) is 8.30. The quantitative estimate of drug-likeness (QED) is 0.736. The summed E-state index contributed by atoms with van der Waals surface area (Å²) in [5.74, 6) is -0.539. The molecular weight excluding hydrogens is 400 g/mol. The molecule has 1 N–H and O–H groups in total. The van der Waals surface area contributed by atoms with Gasteiger partial charge in [-0.25, -0.2) is 8.78 Å². The first-order valence-electron chi connectivity index (χ1n) is 10.6. The Hall–Kier alpha value is -2.80. The number of benzene rings is 2. The van der Waals surface area contributed by atoms with Crippen molar-refractivity contribution in [1.82, 2.24) is 15.1 Å². The maximum absolute atomic E-state index is 13.2. The van der Waals surface area contributed by atoms with Crippen LogP contribution >= 0.6 is 0 Å². The van der Waals surface area contributed by atoms with Gasteiger partial charge in [-0.05, 0) is 41.3 Å². The first-order valence-corrected chi connectivity index (χ1v) is 10.6. The third kappa shape index (κ3) is 6.59. The first kappa shape index (κ1) is 22.9. The van der Waals surface area contributed by atoms with Crippen molar-refractivity contribution in [2.75, 3.05) is 32.7 Å². The number of hydrogen-bond acceptors (Lipinski definition) is 3. The van der Waals surface area contributed by atoms with Gasteiger partial charge in [0.2, 0.25) is 11.8 Å². The molecule has 1 saturated heterocycles. The lowest BCUT2D eigenvalue weighted by atomic mass is 9.96. The number of hydrogen-bond donors (Lipinski definition) is 1. The number of carbonyl (C=O) groups is 2. The SMILES string of the molecule is CC(C)C(NC(=O)CN1CCN(C(=O)Cc2ccc(F)cc2)CC1)c1ccc(F)cc1. The van der Waals surface area contributed by atoms with Crippen molar-refractivity contribution in [3.63, 3.8) is 0 Å². The van der Waals surface area contributed by atoms with Gasteiger partial charge in [-0.1, -0.05) is 38.1 Å². The Kier molecular flexibility index (Phi) is 7.74. The molecule has 5 nitrogen and oxygen atoms in total. The Morgan fingerprint density at radius 3 is 2.00 bits per heavy atom. The van der Waals surface area contributed by atoms with Crippen LogP contribution in [0.25, 0.3) is 0 Å². The maximum atomic E-state index is 13.2. The molecule has 31 heavy (non-hydrogen) atoms. The molecule has 1 atom stereocenters. The van der Waals surface area contributed by atoms with Crippen LogP contribution in [0.2, 0.25) is 0 Å². The van der Waals surface area contributed by atoms with E-state index in [2.05, 4.69) is 5.32 Å². The van der Waals surface area contributed by atoms with E-state index in [1.807, 2.05) is 18.7 Å². The van der Waals surface area contributed by atoms with Crippen LogP contribution in [0.1, 0.15) is 31.0 Å². The van der Waals surface area contributed by atoms with Crippen LogP contribution in [0.4, 0.5) is 8.78 Å². The van der Waals surface area contributed by atoms with E-state index in [1.54, 1.807) is 29.2 Å². The van der Waals surface area contributed by atoms with Crippen LogP contribution in [0.3, 0.4) is 0 Å². The van der Waals surface area contributed by atoms with Crippen molar-refractivity contribution in [3.8, 4) is 0 Å². The summed E-state index contributed by atoms with van der Waals surface area (Å²) in [6.07, 6.45) is 0.245. The summed E-state index contributed by atoms with van der Waals surface area (Å²) in [5, 5.41) is 3.06. The molecule has 0 radical (unpaired) electrons. The molecule has 0 aliphatic carbocycles. The first-order chi connectivity index (χ1) is 14.8. The number of nitrogens with zero attached hydrogens (tertiary/aromatic N) is 2. The molecule has 1 aliphatic heterocycles. The average molecular weight is 430 g/mol. The van der Waals surface area contributed by atoms with E-state index in [9.17, 15) is 18.4 Å². The lowest BCUT2D eigenvalue weighted by Crippen LogP contribution is -2.51. The molecule has 166 valence electrons. The van der Waals surface area contributed by atoms with Gasteiger partial charge in [-0.2, -0.15) is 0 Å². The summed E-state index contributed by atoms with van der Waals surface area (Å²) in [5.41, 5.74) is 1.66. The molecule has 2 aromatic rings. The highest BCUT2D eigenvalue weighted by molar-refractivity contribution is 5.79.